The molecule has 1 N–H and O–H groups in total. The molecule has 1 amide bonds. The first-order chi connectivity index (χ1) is 11.2. The normalized spacial score (nSPS) is 15.2. The van der Waals surface area contributed by atoms with Crippen LogP contribution in [-0.4, -0.2) is 18.9 Å². The molecule has 1 aromatic heterocycles. The van der Waals surface area contributed by atoms with Crippen LogP contribution in [0.25, 0.3) is 0 Å². The summed E-state index contributed by atoms with van der Waals surface area (Å²) in [6.45, 7) is 0.217. The lowest BCUT2D eigenvalue weighted by Crippen LogP contribution is -2.16. The van der Waals surface area contributed by atoms with Gasteiger partial charge in [-0.2, -0.15) is 5.10 Å². The van der Waals surface area contributed by atoms with Gasteiger partial charge >= 0.3 is 0 Å². The molecule has 0 radical (unpaired) electrons. The maximum atomic E-state index is 12.1. The van der Waals surface area contributed by atoms with Crippen LogP contribution in [0.1, 0.15) is 32.1 Å². The number of carbonyl (C=O) groups excluding carboxylic acids is 1. The predicted octanol–water partition coefficient (Wildman–Crippen LogP) is 3.49. The average Bonchev–Trinajstić information content (AvgIpc) is 3.22. The SMILES string of the molecule is O=C(N/N=C\c1cc(Br)c2c(c1)OCO2)c1cc2c(s1)CCC2. The second-order valence-electron chi connectivity index (χ2n) is 5.35. The highest BCUT2D eigenvalue weighted by Gasteiger charge is 2.19. The molecule has 7 heteroatoms. The Labute approximate surface area is 145 Å². The van der Waals surface area contributed by atoms with E-state index >= 15 is 0 Å². The van der Waals surface area contributed by atoms with Crippen LogP contribution in [-0.2, 0) is 12.8 Å². The number of hydrogen-bond donors (Lipinski definition) is 1. The van der Waals surface area contributed by atoms with Crippen molar-refractivity contribution in [2.24, 2.45) is 5.10 Å². The summed E-state index contributed by atoms with van der Waals surface area (Å²) in [4.78, 5) is 14.2. The number of amides is 1. The molecule has 1 aromatic carbocycles. The molecular weight excluding hydrogens is 380 g/mol. The molecule has 0 bridgehead atoms. The van der Waals surface area contributed by atoms with E-state index in [1.807, 2.05) is 18.2 Å². The molecular formula is C16H13BrN2O3S. The number of nitrogens with one attached hydrogen (secondary N) is 1. The number of hydrazone groups is 1. The van der Waals surface area contributed by atoms with Crippen molar-refractivity contribution in [1.29, 1.82) is 0 Å². The van der Waals surface area contributed by atoms with Crippen LogP contribution in [0.15, 0.2) is 27.8 Å². The van der Waals surface area contributed by atoms with Crippen molar-refractivity contribution >= 4 is 39.4 Å². The molecule has 118 valence electrons. The summed E-state index contributed by atoms with van der Waals surface area (Å²) in [6, 6.07) is 5.67. The van der Waals surface area contributed by atoms with E-state index in [2.05, 4.69) is 26.5 Å². The molecule has 0 atom stereocenters. The number of nitrogens with zero attached hydrogens (tertiary/aromatic N) is 1. The second kappa shape index (κ2) is 5.98. The van der Waals surface area contributed by atoms with E-state index in [0.29, 0.717) is 11.5 Å². The molecule has 1 aliphatic heterocycles. The first-order valence-corrected chi connectivity index (χ1v) is 8.86. The zero-order valence-corrected chi connectivity index (χ0v) is 14.5. The fraction of sp³-hybridized carbons (Fsp3) is 0.250. The molecule has 23 heavy (non-hydrogen) atoms. The van der Waals surface area contributed by atoms with Gasteiger partial charge in [0, 0.05) is 4.88 Å². The highest BCUT2D eigenvalue weighted by atomic mass is 79.9. The van der Waals surface area contributed by atoms with Gasteiger partial charge in [-0.15, -0.1) is 11.3 Å². The molecule has 4 rings (SSSR count). The molecule has 0 saturated carbocycles. The number of thiophene rings is 1. The molecule has 5 nitrogen and oxygen atoms in total. The third-order valence-corrected chi connectivity index (χ3v) is 5.62. The Morgan fingerprint density at radius 1 is 1.30 bits per heavy atom. The fourth-order valence-electron chi connectivity index (χ4n) is 2.72. The molecule has 2 aliphatic rings. The number of benzene rings is 1. The van der Waals surface area contributed by atoms with Gasteiger partial charge < -0.3 is 9.47 Å². The topological polar surface area (TPSA) is 59.9 Å². The lowest BCUT2D eigenvalue weighted by Gasteiger charge is -2.01. The van der Waals surface area contributed by atoms with Gasteiger partial charge in [-0.3, -0.25) is 4.79 Å². The van der Waals surface area contributed by atoms with Crippen LogP contribution >= 0.6 is 27.3 Å². The van der Waals surface area contributed by atoms with Gasteiger partial charge in [-0.1, -0.05) is 0 Å². The largest absolute Gasteiger partial charge is 0.454 e. The Morgan fingerprint density at radius 2 is 2.22 bits per heavy atom. The molecule has 0 unspecified atom stereocenters. The third kappa shape index (κ3) is 2.86. The Hall–Kier alpha value is -1.86. The Kier molecular flexibility index (Phi) is 3.82. The quantitative estimate of drug-likeness (QED) is 0.642. The van der Waals surface area contributed by atoms with Gasteiger partial charge in [-0.25, -0.2) is 5.43 Å². The highest BCUT2D eigenvalue weighted by Crippen LogP contribution is 2.39. The van der Waals surface area contributed by atoms with Crippen molar-refractivity contribution in [3.8, 4) is 11.5 Å². The number of fused-ring (bicyclic) bond motifs is 2. The smallest absolute Gasteiger partial charge is 0.281 e. The van der Waals surface area contributed by atoms with E-state index in [4.69, 9.17) is 9.47 Å². The zero-order chi connectivity index (χ0) is 15.8. The number of rotatable bonds is 3. The summed E-state index contributed by atoms with van der Waals surface area (Å²) in [5.74, 6) is 1.20. The maximum Gasteiger partial charge on any atom is 0.281 e. The molecule has 0 saturated heterocycles. The van der Waals surface area contributed by atoms with Crippen molar-refractivity contribution in [1.82, 2.24) is 5.43 Å². The van der Waals surface area contributed by atoms with Crippen molar-refractivity contribution < 1.29 is 14.3 Å². The lowest BCUT2D eigenvalue weighted by atomic mass is 10.2. The van der Waals surface area contributed by atoms with Crippen LogP contribution in [0.4, 0.5) is 0 Å². The van der Waals surface area contributed by atoms with Gasteiger partial charge in [0.25, 0.3) is 5.91 Å². The van der Waals surface area contributed by atoms with Crippen molar-refractivity contribution in [2.75, 3.05) is 6.79 Å². The first-order valence-electron chi connectivity index (χ1n) is 7.25. The summed E-state index contributed by atoms with van der Waals surface area (Å²) in [5.41, 5.74) is 4.70. The van der Waals surface area contributed by atoms with Gasteiger partial charge in [0.2, 0.25) is 6.79 Å². The first kappa shape index (κ1) is 14.7. The number of halogens is 1. The summed E-state index contributed by atoms with van der Waals surface area (Å²) < 4.78 is 11.5. The minimum absolute atomic E-state index is 0.166. The van der Waals surface area contributed by atoms with Crippen molar-refractivity contribution in [3.05, 3.63) is 43.6 Å². The highest BCUT2D eigenvalue weighted by molar-refractivity contribution is 9.10. The van der Waals surface area contributed by atoms with Crippen molar-refractivity contribution in [2.45, 2.75) is 19.3 Å². The summed E-state index contributed by atoms with van der Waals surface area (Å²) in [6.07, 6.45) is 4.95. The maximum absolute atomic E-state index is 12.1. The van der Waals surface area contributed by atoms with Crippen LogP contribution < -0.4 is 14.9 Å². The summed E-state index contributed by atoms with van der Waals surface area (Å²) in [5, 5.41) is 4.03. The van der Waals surface area contributed by atoms with Gasteiger partial charge in [-0.05, 0) is 64.5 Å². The average molecular weight is 393 g/mol. The third-order valence-electron chi connectivity index (χ3n) is 3.80. The number of ether oxygens (including phenoxy) is 2. The van der Waals surface area contributed by atoms with Crippen LogP contribution in [0.3, 0.4) is 0 Å². The van der Waals surface area contributed by atoms with E-state index < -0.39 is 0 Å². The predicted molar refractivity (Wildman–Crippen MR) is 91.7 cm³/mol. The Balaban J connectivity index is 1.45. The van der Waals surface area contributed by atoms with Crippen LogP contribution in [0, 0.1) is 0 Å². The molecule has 2 aromatic rings. The van der Waals surface area contributed by atoms with Gasteiger partial charge in [0.05, 0.1) is 15.6 Å². The van der Waals surface area contributed by atoms with Gasteiger partial charge in [0.15, 0.2) is 11.5 Å². The Bertz CT molecular complexity index is 794. The molecule has 1 aliphatic carbocycles. The minimum atomic E-state index is -0.166. The van der Waals surface area contributed by atoms with Gasteiger partial charge in [0.1, 0.15) is 0 Å². The standard InChI is InChI=1S/C16H13BrN2O3S/c17-11-4-9(5-12-15(11)22-8-21-12)7-18-19-16(20)14-6-10-2-1-3-13(10)23-14/h4-7H,1-3,8H2,(H,19,20)/b18-7-. The fourth-order valence-corrected chi connectivity index (χ4v) is 4.44. The van der Waals surface area contributed by atoms with Crippen LogP contribution in [0.5, 0.6) is 11.5 Å². The second-order valence-corrected chi connectivity index (χ2v) is 7.34. The number of hydrogen-bond acceptors (Lipinski definition) is 5. The summed E-state index contributed by atoms with van der Waals surface area (Å²) in [7, 11) is 0. The monoisotopic (exact) mass is 392 g/mol. The minimum Gasteiger partial charge on any atom is -0.454 e. The molecule has 2 heterocycles. The van der Waals surface area contributed by atoms with E-state index in [0.717, 1.165) is 27.8 Å². The number of aryl methyl sites for hydroxylation is 2. The van der Waals surface area contributed by atoms with E-state index in [-0.39, 0.29) is 12.7 Å². The van der Waals surface area contributed by atoms with Crippen LogP contribution in [0.2, 0.25) is 0 Å². The van der Waals surface area contributed by atoms with E-state index in [1.165, 1.54) is 16.9 Å². The molecule has 0 spiro atoms. The van der Waals surface area contributed by atoms with E-state index in [1.54, 1.807) is 17.6 Å². The Morgan fingerprint density at radius 3 is 3.09 bits per heavy atom. The van der Waals surface area contributed by atoms with Crippen molar-refractivity contribution in [3.63, 3.8) is 0 Å². The molecule has 0 fully saturated rings. The number of carbonyl (C=O) groups is 1. The zero-order valence-electron chi connectivity index (χ0n) is 12.1. The lowest BCUT2D eigenvalue weighted by molar-refractivity contribution is 0.0959. The van der Waals surface area contributed by atoms with E-state index in [9.17, 15) is 4.79 Å². The summed E-state index contributed by atoms with van der Waals surface area (Å²) >= 11 is 4.99.